The van der Waals surface area contributed by atoms with E-state index in [-0.39, 0.29) is 11.5 Å². The second-order valence-electron chi connectivity index (χ2n) is 4.29. The maximum Gasteiger partial charge on any atom is 0.251 e. The normalized spacial score (nSPS) is 16.4. The summed E-state index contributed by atoms with van der Waals surface area (Å²) in [4.78, 5) is 27.6. The number of aromatic amines is 1. The second-order valence-corrected chi connectivity index (χ2v) is 4.29. The number of carbonyl (C=O) groups excluding carboxylic acids is 1. The number of hydrogen-bond donors (Lipinski definition) is 3. The summed E-state index contributed by atoms with van der Waals surface area (Å²) in [5.41, 5.74) is 0.142. The Balaban J connectivity index is 1.76. The van der Waals surface area contributed by atoms with Crippen LogP contribution in [0.5, 0.6) is 0 Å². The lowest BCUT2D eigenvalue weighted by atomic mass is 10.2. The van der Waals surface area contributed by atoms with Gasteiger partial charge < -0.3 is 15.6 Å². The van der Waals surface area contributed by atoms with E-state index >= 15 is 0 Å². The number of rotatable bonds is 4. The summed E-state index contributed by atoms with van der Waals surface area (Å²) >= 11 is 0. The Bertz CT molecular complexity index is 451. The van der Waals surface area contributed by atoms with Gasteiger partial charge in [-0.15, -0.1) is 0 Å². The molecule has 1 aromatic heterocycles. The van der Waals surface area contributed by atoms with Crippen LogP contribution in [0.4, 0.5) is 0 Å². The third-order valence-corrected chi connectivity index (χ3v) is 2.96. The fraction of sp³-hybridized carbons (Fsp3) is 0.500. The van der Waals surface area contributed by atoms with E-state index in [9.17, 15) is 9.59 Å². The van der Waals surface area contributed by atoms with Crippen LogP contribution in [0.15, 0.2) is 23.1 Å². The van der Waals surface area contributed by atoms with Crippen LogP contribution >= 0.6 is 0 Å². The third-order valence-electron chi connectivity index (χ3n) is 2.96. The van der Waals surface area contributed by atoms with Crippen LogP contribution in [-0.4, -0.2) is 55.1 Å². The summed E-state index contributed by atoms with van der Waals surface area (Å²) in [5, 5.41) is 6.10. The average molecular weight is 250 g/mol. The highest BCUT2D eigenvalue weighted by Gasteiger charge is 2.10. The first kappa shape index (κ1) is 12.8. The summed E-state index contributed by atoms with van der Waals surface area (Å²) in [6.07, 6.45) is 1.48. The number of H-pyrrole nitrogens is 1. The molecule has 18 heavy (non-hydrogen) atoms. The van der Waals surface area contributed by atoms with Crippen molar-refractivity contribution in [2.45, 2.75) is 0 Å². The fourth-order valence-electron chi connectivity index (χ4n) is 1.95. The lowest BCUT2D eigenvalue weighted by Crippen LogP contribution is -2.46. The highest BCUT2D eigenvalue weighted by Crippen LogP contribution is 1.93. The quantitative estimate of drug-likeness (QED) is 0.641. The van der Waals surface area contributed by atoms with Crippen molar-refractivity contribution in [2.24, 2.45) is 0 Å². The predicted octanol–water partition coefficient (Wildman–Crippen LogP) is -0.990. The van der Waals surface area contributed by atoms with Crippen LogP contribution in [0, 0.1) is 0 Å². The van der Waals surface area contributed by atoms with E-state index in [4.69, 9.17) is 0 Å². The van der Waals surface area contributed by atoms with Crippen molar-refractivity contribution in [3.05, 3.63) is 34.2 Å². The van der Waals surface area contributed by atoms with Gasteiger partial charge in [-0.3, -0.25) is 14.5 Å². The van der Waals surface area contributed by atoms with E-state index < -0.39 is 0 Å². The molecule has 1 fully saturated rings. The summed E-state index contributed by atoms with van der Waals surface area (Å²) in [7, 11) is 0. The molecule has 2 rings (SSSR count). The molecule has 0 spiro atoms. The smallest absolute Gasteiger partial charge is 0.251 e. The van der Waals surface area contributed by atoms with E-state index in [0.717, 1.165) is 32.7 Å². The number of piperazine rings is 1. The van der Waals surface area contributed by atoms with Crippen molar-refractivity contribution in [1.29, 1.82) is 0 Å². The molecule has 1 aromatic rings. The van der Waals surface area contributed by atoms with Gasteiger partial charge >= 0.3 is 0 Å². The lowest BCUT2D eigenvalue weighted by Gasteiger charge is -2.27. The molecule has 6 nitrogen and oxygen atoms in total. The molecule has 1 amide bonds. The van der Waals surface area contributed by atoms with Crippen LogP contribution < -0.4 is 16.2 Å². The van der Waals surface area contributed by atoms with Gasteiger partial charge in [0, 0.05) is 57.1 Å². The zero-order valence-electron chi connectivity index (χ0n) is 10.2. The number of pyridine rings is 1. The number of amides is 1. The SMILES string of the molecule is O=C(NCCN1CCNCC1)c1cc[nH]c(=O)c1. The molecule has 0 atom stereocenters. The maximum atomic E-state index is 11.7. The van der Waals surface area contributed by atoms with Crippen molar-refractivity contribution in [3.63, 3.8) is 0 Å². The van der Waals surface area contributed by atoms with Crippen LogP contribution in [0.3, 0.4) is 0 Å². The largest absolute Gasteiger partial charge is 0.351 e. The van der Waals surface area contributed by atoms with Gasteiger partial charge in [-0.25, -0.2) is 0 Å². The first-order valence-corrected chi connectivity index (χ1v) is 6.16. The van der Waals surface area contributed by atoms with Crippen LogP contribution in [0.1, 0.15) is 10.4 Å². The summed E-state index contributed by atoms with van der Waals surface area (Å²) in [6.45, 7) is 5.48. The Kier molecular flexibility index (Phi) is 4.49. The molecule has 6 heteroatoms. The van der Waals surface area contributed by atoms with Gasteiger partial charge in [-0.1, -0.05) is 0 Å². The number of aromatic nitrogens is 1. The molecule has 3 N–H and O–H groups in total. The fourth-order valence-corrected chi connectivity index (χ4v) is 1.95. The molecular weight excluding hydrogens is 232 g/mol. The molecule has 98 valence electrons. The van der Waals surface area contributed by atoms with Crippen LogP contribution in [0.2, 0.25) is 0 Å². The molecular formula is C12H18N4O2. The summed E-state index contributed by atoms with van der Waals surface area (Å²) in [6, 6.07) is 2.90. The van der Waals surface area contributed by atoms with Crippen LogP contribution in [0.25, 0.3) is 0 Å². The third kappa shape index (κ3) is 3.68. The second kappa shape index (κ2) is 6.32. The topological polar surface area (TPSA) is 77.2 Å². The average Bonchev–Trinajstić information content (AvgIpc) is 2.40. The zero-order chi connectivity index (χ0) is 12.8. The van der Waals surface area contributed by atoms with Crippen molar-refractivity contribution in [1.82, 2.24) is 20.5 Å². The van der Waals surface area contributed by atoms with Gasteiger partial charge in [0.25, 0.3) is 5.91 Å². The molecule has 1 saturated heterocycles. The van der Waals surface area contributed by atoms with Gasteiger partial charge in [-0.2, -0.15) is 0 Å². The molecule has 1 aliphatic heterocycles. The maximum absolute atomic E-state index is 11.7. The molecule has 0 aliphatic carbocycles. The Morgan fingerprint density at radius 2 is 2.17 bits per heavy atom. The Morgan fingerprint density at radius 3 is 2.89 bits per heavy atom. The molecule has 0 radical (unpaired) electrons. The standard InChI is InChI=1S/C12H18N4O2/c17-11-9-10(1-2-14-11)12(18)15-5-8-16-6-3-13-4-7-16/h1-2,9,13H,3-8H2,(H,14,17)(H,15,18). The van der Waals surface area contributed by atoms with Gasteiger partial charge in [0.1, 0.15) is 0 Å². The van der Waals surface area contributed by atoms with E-state index in [1.54, 1.807) is 6.07 Å². The zero-order valence-corrected chi connectivity index (χ0v) is 10.2. The van der Waals surface area contributed by atoms with E-state index in [1.165, 1.54) is 12.3 Å². The monoisotopic (exact) mass is 250 g/mol. The Labute approximate surface area is 105 Å². The number of nitrogens with one attached hydrogen (secondary N) is 3. The lowest BCUT2D eigenvalue weighted by molar-refractivity contribution is 0.0947. The molecule has 0 unspecified atom stereocenters. The van der Waals surface area contributed by atoms with Crippen molar-refractivity contribution < 1.29 is 4.79 Å². The molecule has 2 heterocycles. The van der Waals surface area contributed by atoms with Gasteiger partial charge in [-0.05, 0) is 6.07 Å². The minimum Gasteiger partial charge on any atom is -0.351 e. The van der Waals surface area contributed by atoms with E-state index in [1.807, 2.05) is 0 Å². The van der Waals surface area contributed by atoms with Gasteiger partial charge in [0.2, 0.25) is 5.56 Å². The van der Waals surface area contributed by atoms with E-state index in [2.05, 4.69) is 20.5 Å². The van der Waals surface area contributed by atoms with Gasteiger partial charge in [0.15, 0.2) is 0 Å². The number of hydrogen-bond acceptors (Lipinski definition) is 4. The summed E-state index contributed by atoms with van der Waals surface area (Å²) < 4.78 is 0. The molecule has 1 aliphatic rings. The van der Waals surface area contributed by atoms with E-state index in [0.29, 0.717) is 12.1 Å². The highest BCUT2D eigenvalue weighted by atomic mass is 16.2. The first-order chi connectivity index (χ1) is 8.75. The highest BCUT2D eigenvalue weighted by molar-refractivity contribution is 5.93. The Morgan fingerprint density at radius 1 is 1.39 bits per heavy atom. The van der Waals surface area contributed by atoms with Crippen LogP contribution in [-0.2, 0) is 0 Å². The molecule has 0 bridgehead atoms. The van der Waals surface area contributed by atoms with Crippen molar-refractivity contribution in [2.75, 3.05) is 39.3 Å². The van der Waals surface area contributed by atoms with Crippen molar-refractivity contribution in [3.8, 4) is 0 Å². The van der Waals surface area contributed by atoms with Crippen molar-refractivity contribution >= 4 is 5.91 Å². The minimum atomic E-state index is -0.259. The first-order valence-electron chi connectivity index (χ1n) is 6.16. The molecule has 0 aromatic carbocycles. The number of carbonyl (C=O) groups is 1. The number of nitrogens with zero attached hydrogens (tertiary/aromatic N) is 1. The Hall–Kier alpha value is -1.66. The predicted molar refractivity (Wildman–Crippen MR) is 68.7 cm³/mol. The molecule has 0 saturated carbocycles. The minimum absolute atomic E-state index is 0.198. The van der Waals surface area contributed by atoms with Gasteiger partial charge in [0.05, 0.1) is 0 Å². The summed E-state index contributed by atoms with van der Waals surface area (Å²) in [5.74, 6) is -0.198.